The molecular weight excluding hydrogens is 271 g/mol. The van der Waals surface area contributed by atoms with Crippen LogP contribution in [0.15, 0.2) is 12.1 Å². The largest absolute Gasteiger partial charge is 0.397 e. The Balaban J connectivity index is 1.84. The number of nitrogens with two attached hydrogens (primary N) is 1. The number of urea groups is 1. The van der Waals surface area contributed by atoms with Gasteiger partial charge in [-0.2, -0.15) is 0 Å². The zero-order valence-electron chi connectivity index (χ0n) is 10.2. The number of hydrogen-bond donors (Lipinski definition) is 2. The molecule has 0 radical (unpaired) electrons. The number of anilines is 2. The van der Waals surface area contributed by atoms with E-state index in [4.69, 9.17) is 17.3 Å². The van der Waals surface area contributed by atoms with Gasteiger partial charge in [0.25, 0.3) is 0 Å². The number of nitrogens with one attached hydrogen (secondary N) is 1. The lowest BCUT2D eigenvalue weighted by Crippen LogP contribution is -2.52. The Labute approximate surface area is 115 Å². The highest BCUT2D eigenvalue weighted by molar-refractivity contribution is 6.31. The lowest BCUT2D eigenvalue weighted by molar-refractivity contribution is 0.198. The minimum Gasteiger partial charge on any atom is -0.397 e. The molecule has 2 aliphatic rings. The van der Waals surface area contributed by atoms with Crippen LogP contribution in [-0.4, -0.2) is 43.2 Å². The molecule has 0 saturated carbocycles. The molecule has 2 amide bonds. The monoisotopic (exact) mass is 284 g/mol. The molecule has 102 valence electrons. The molecule has 1 atom stereocenters. The molecule has 0 aliphatic carbocycles. The Kier molecular flexibility index (Phi) is 2.89. The van der Waals surface area contributed by atoms with Crippen LogP contribution in [0.2, 0.25) is 5.02 Å². The van der Waals surface area contributed by atoms with Crippen LogP contribution in [0.5, 0.6) is 0 Å². The average Bonchev–Trinajstić information content (AvgIpc) is 2.75. The topological polar surface area (TPSA) is 61.6 Å². The van der Waals surface area contributed by atoms with Gasteiger partial charge >= 0.3 is 6.03 Å². The third-order valence-corrected chi connectivity index (χ3v) is 3.93. The van der Waals surface area contributed by atoms with Gasteiger partial charge in [-0.1, -0.05) is 11.6 Å². The first kappa shape index (κ1) is 12.3. The number of piperazine rings is 1. The minimum absolute atomic E-state index is 0.0187. The van der Waals surface area contributed by atoms with Crippen molar-refractivity contribution in [2.45, 2.75) is 6.04 Å². The van der Waals surface area contributed by atoms with E-state index in [1.165, 1.54) is 6.07 Å². The number of nitrogens with zero attached hydrogens (tertiary/aromatic N) is 2. The molecule has 2 fully saturated rings. The molecule has 7 heteroatoms. The van der Waals surface area contributed by atoms with Crippen molar-refractivity contribution in [3.8, 4) is 0 Å². The fraction of sp³-hybridized carbons (Fsp3) is 0.417. The van der Waals surface area contributed by atoms with E-state index < -0.39 is 5.82 Å². The highest BCUT2D eigenvalue weighted by Gasteiger charge is 2.35. The van der Waals surface area contributed by atoms with Crippen molar-refractivity contribution in [2.75, 3.05) is 36.8 Å². The van der Waals surface area contributed by atoms with Gasteiger partial charge in [0.05, 0.1) is 22.4 Å². The number of carbonyl (C=O) groups is 1. The summed E-state index contributed by atoms with van der Waals surface area (Å²) in [6.07, 6.45) is 0. The smallest absolute Gasteiger partial charge is 0.317 e. The van der Waals surface area contributed by atoms with Gasteiger partial charge in [0.1, 0.15) is 5.82 Å². The Morgan fingerprint density at radius 2 is 2.21 bits per heavy atom. The SMILES string of the molecule is Nc1cc(F)c(Cl)cc1N1CCN2C(=O)NCC2C1. The second-order valence-corrected chi connectivity index (χ2v) is 5.21. The summed E-state index contributed by atoms with van der Waals surface area (Å²) in [6.45, 7) is 2.59. The number of nitrogen functional groups attached to an aromatic ring is 1. The number of fused-ring (bicyclic) bond motifs is 1. The maximum absolute atomic E-state index is 13.3. The predicted octanol–water partition coefficient (Wildman–Crippen LogP) is 1.28. The van der Waals surface area contributed by atoms with E-state index >= 15 is 0 Å². The van der Waals surface area contributed by atoms with Crippen molar-refractivity contribution >= 4 is 29.0 Å². The van der Waals surface area contributed by atoms with E-state index in [1.807, 2.05) is 9.80 Å². The van der Waals surface area contributed by atoms with Crippen molar-refractivity contribution in [3.05, 3.63) is 23.0 Å². The molecule has 5 nitrogen and oxygen atoms in total. The first-order valence-corrected chi connectivity index (χ1v) is 6.48. The van der Waals surface area contributed by atoms with E-state index in [9.17, 15) is 9.18 Å². The molecule has 1 aromatic rings. The Bertz CT molecular complexity index is 539. The van der Waals surface area contributed by atoms with E-state index in [0.717, 1.165) is 5.69 Å². The molecule has 1 aromatic carbocycles. The summed E-state index contributed by atoms with van der Waals surface area (Å²) in [5.41, 5.74) is 6.94. The maximum atomic E-state index is 13.3. The van der Waals surface area contributed by atoms with Crippen LogP contribution in [0.1, 0.15) is 0 Å². The highest BCUT2D eigenvalue weighted by Crippen LogP contribution is 2.31. The van der Waals surface area contributed by atoms with Crippen LogP contribution in [-0.2, 0) is 0 Å². The zero-order chi connectivity index (χ0) is 13.6. The Morgan fingerprint density at radius 1 is 1.42 bits per heavy atom. The fourth-order valence-electron chi connectivity index (χ4n) is 2.65. The molecule has 0 bridgehead atoms. The molecule has 2 heterocycles. The van der Waals surface area contributed by atoms with Crippen LogP contribution in [0, 0.1) is 5.82 Å². The van der Waals surface area contributed by atoms with E-state index in [0.29, 0.717) is 31.9 Å². The van der Waals surface area contributed by atoms with Gasteiger partial charge in [0.15, 0.2) is 0 Å². The summed E-state index contributed by atoms with van der Waals surface area (Å²) in [6, 6.07) is 2.90. The molecular formula is C12H14ClFN4O. The number of carbonyl (C=O) groups excluding carboxylic acids is 1. The van der Waals surface area contributed by atoms with Gasteiger partial charge in [0.2, 0.25) is 0 Å². The second-order valence-electron chi connectivity index (χ2n) is 4.80. The van der Waals surface area contributed by atoms with Crippen molar-refractivity contribution in [3.63, 3.8) is 0 Å². The molecule has 1 unspecified atom stereocenters. The normalized spacial score (nSPS) is 22.4. The van der Waals surface area contributed by atoms with E-state index in [1.54, 1.807) is 6.07 Å². The summed E-state index contributed by atoms with van der Waals surface area (Å²) in [5.74, 6) is -0.515. The maximum Gasteiger partial charge on any atom is 0.317 e. The number of halogens is 2. The van der Waals surface area contributed by atoms with Crippen LogP contribution >= 0.6 is 11.6 Å². The Morgan fingerprint density at radius 3 is 3.00 bits per heavy atom. The lowest BCUT2D eigenvalue weighted by Gasteiger charge is -2.38. The van der Waals surface area contributed by atoms with Gasteiger partial charge < -0.3 is 20.9 Å². The molecule has 2 saturated heterocycles. The van der Waals surface area contributed by atoms with Crippen molar-refractivity contribution in [2.24, 2.45) is 0 Å². The lowest BCUT2D eigenvalue weighted by atomic mass is 10.1. The third kappa shape index (κ3) is 2.06. The fourth-order valence-corrected chi connectivity index (χ4v) is 2.81. The van der Waals surface area contributed by atoms with Gasteiger partial charge in [-0.15, -0.1) is 0 Å². The first-order chi connectivity index (χ1) is 9.06. The van der Waals surface area contributed by atoms with Crippen LogP contribution < -0.4 is 16.0 Å². The summed E-state index contributed by atoms with van der Waals surface area (Å²) in [7, 11) is 0. The van der Waals surface area contributed by atoms with Gasteiger partial charge in [-0.3, -0.25) is 0 Å². The van der Waals surface area contributed by atoms with Gasteiger partial charge in [-0.25, -0.2) is 9.18 Å². The highest BCUT2D eigenvalue weighted by atomic mass is 35.5. The summed E-state index contributed by atoms with van der Waals surface area (Å²) in [4.78, 5) is 15.4. The number of hydrogen-bond acceptors (Lipinski definition) is 3. The van der Waals surface area contributed by atoms with E-state index in [-0.39, 0.29) is 17.1 Å². The molecule has 19 heavy (non-hydrogen) atoms. The van der Waals surface area contributed by atoms with Crippen molar-refractivity contribution in [1.29, 1.82) is 0 Å². The third-order valence-electron chi connectivity index (χ3n) is 3.64. The zero-order valence-corrected chi connectivity index (χ0v) is 11.0. The first-order valence-electron chi connectivity index (χ1n) is 6.10. The number of rotatable bonds is 1. The molecule has 2 aliphatic heterocycles. The average molecular weight is 285 g/mol. The summed E-state index contributed by atoms with van der Waals surface area (Å²) in [5, 5.41) is 2.87. The standard InChI is InChI=1S/C12H14ClFN4O/c13-8-3-11(10(15)4-9(8)14)17-1-2-18-7(6-17)5-16-12(18)19/h3-4,7H,1-2,5-6,15H2,(H,16,19). The quantitative estimate of drug-likeness (QED) is 0.764. The second kappa shape index (κ2) is 4.45. The van der Waals surface area contributed by atoms with E-state index in [2.05, 4.69) is 5.32 Å². The molecule has 0 aromatic heterocycles. The number of amides is 2. The Hall–Kier alpha value is -1.69. The molecule has 3 N–H and O–H groups in total. The summed E-state index contributed by atoms with van der Waals surface area (Å²) >= 11 is 5.81. The number of benzene rings is 1. The van der Waals surface area contributed by atoms with Crippen LogP contribution in [0.4, 0.5) is 20.6 Å². The van der Waals surface area contributed by atoms with Gasteiger partial charge in [0, 0.05) is 32.2 Å². The molecule has 3 rings (SSSR count). The van der Waals surface area contributed by atoms with Crippen molar-refractivity contribution < 1.29 is 9.18 Å². The van der Waals surface area contributed by atoms with Crippen LogP contribution in [0.25, 0.3) is 0 Å². The molecule has 0 spiro atoms. The van der Waals surface area contributed by atoms with Gasteiger partial charge in [-0.05, 0) is 6.07 Å². The predicted molar refractivity (Wildman–Crippen MR) is 71.9 cm³/mol. The minimum atomic E-state index is -0.515. The summed E-state index contributed by atoms with van der Waals surface area (Å²) < 4.78 is 13.3. The van der Waals surface area contributed by atoms with Crippen LogP contribution in [0.3, 0.4) is 0 Å². The van der Waals surface area contributed by atoms with Crippen molar-refractivity contribution in [1.82, 2.24) is 10.2 Å².